The van der Waals surface area contributed by atoms with E-state index >= 15 is 0 Å². The minimum atomic E-state index is -4.44. The highest BCUT2D eigenvalue weighted by molar-refractivity contribution is 5.75. The van der Waals surface area contributed by atoms with Crippen LogP contribution in [0.3, 0.4) is 0 Å². The maximum atomic E-state index is 12.9. The van der Waals surface area contributed by atoms with Gasteiger partial charge in [-0.05, 0) is 37.8 Å². The molecule has 2 aliphatic rings. The van der Waals surface area contributed by atoms with Gasteiger partial charge in [0.25, 0.3) is 0 Å². The first-order chi connectivity index (χ1) is 13.4. The SMILES string of the molecule is O=C(NC1CCCC1)N1CCCC1c1nc(-c2cccc(C(F)(F)F)c2)no1. The van der Waals surface area contributed by atoms with Crippen molar-refractivity contribution < 1.29 is 22.5 Å². The number of nitrogens with one attached hydrogen (secondary N) is 1. The van der Waals surface area contributed by atoms with Gasteiger partial charge in [-0.1, -0.05) is 30.1 Å². The van der Waals surface area contributed by atoms with Gasteiger partial charge in [0.1, 0.15) is 6.04 Å². The minimum absolute atomic E-state index is 0.0872. The quantitative estimate of drug-likeness (QED) is 0.829. The van der Waals surface area contributed by atoms with Gasteiger partial charge in [0, 0.05) is 18.2 Å². The van der Waals surface area contributed by atoms with E-state index in [2.05, 4.69) is 15.5 Å². The lowest BCUT2D eigenvalue weighted by atomic mass is 10.1. The number of benzene rings is 1. The molecule has 9 heteroatoms. The van der Waals surface area contributed by atoms with E-state index in [9.17, 15) is 18.0 Å². The molecule has 2 fully saturated rings. The lowest BCUT2D eigenvalue weighted by molar-refractivity contribution is -0.137. The van der Waals surface area contributed by atoms with E-state index in [1.807, 2.05) is 0 Å². The number of rotatable bonds is 3. The summed E-state index contributed by atoms with van der Waals surface area (Å²) >= 11 is 0. The van der Waals surface area contributed by atoms with Crippen LogP contribution in [0.25, 0.3) is 11.4 Å². The van der Waals surface area contributed by atoms with Crippen molar-refractivity contribution in [1.29, 1.82) is 0 Å². The zero-order chi connectivity index (χ0) is 19.7. The molecule has 1 saturated heterocycles. The molecular weight excluding hydrogens is 373 g/mol. The molecule has 0 radical (unpaired) electrons. The summed E-state index contributed by atoms with van der Waals surface area (Å²) in [6, 6.07) is 4.51. The number of hydrogen-bond acceptors (Lipinski definition) is 4. The van der Waals surface area contributed by atoms with Gasteiger partial charge in [0.05, 0.1) is 5.56 Å². The highest BCUT2D eigenvalue weighted by Gasteiger charge is 2.35. The molecule has 2 heterocycles. The Morgan fingerprint density at radius 2 is 1.96 bits per heavy atom. The standard InChI is InChI=1S/C19H21F3N4O2/c20-19(21,22)13-6-3-5-12(11-13)16-24-17(28-25-16)15-9-4-10-26(15)18(27)23-14-7-1-2-8-14/h3,5-6,11,14-15H,1-2,4,7-10H2,(H,23,27). The average Bonchev–Trinajstić information content (AvgIpc) is 3.41. The average molecular weight is 394 g/mol. The third-order valence-electron chi connectivity index (χ3n) is 5.37. The van der Waals surface area contributed by atoms with Gasteiger partial charge in [-0.15, -0.1) is 0 Å². The predicted octanol–water partition coefficient (Wildman–Crippen LogP) is 4.54. The van der Waals surface area contributed by atoms with E-state index in [4.69, 9.17) is 4.52 Å². The van der Waals surface area contributed by atoms with Gasteiger partial charge < -0.3 is 14.7 Å². The first-order valence-corrected chi connectivity index (χ1v) is 9.50. The summed E-state index contributed by atoms with van der Waals surface area (Å²) in [6.45, 7) is 0.588. The molecule has 0 spiro atoms. The van der Waals surface area contributed by atoms with Crippen LogP contribution in [0.1, 0.15) is 56.0 Å². The van der Waals surface area contributed by atoms with E-state index in [-0.39, 0.29) is 35.4 Å². The second-order valence-corrected chi connectivity index (χ2v) is 7.32. The fourth-order valence-electron chi connectivity index (χ4n) is 3.92. The van der Waals surface area contributed by atoms with Crippen LogP contribution in [0.5, 0.6) is 0 Å². The Balaban J connectivity index is 1.51. The largest absolute Gasteiger partial charge is 0.416 e. The number of hydrogen-bond donors (Lipinski definition) is 1. The van der Waals surface area contributed by atoms with Crippen molar-refractivity contribution in [2.75, 3.05) is 6.54 Å². The lowest BCUT2D eigenvalue weighted by Crippen LogP contribution is -2.43. The lowest BCUT2D eigenvalue weighted by Gasteiger charge is -2.24. The van der Waals surface area contributed by atoms with Gasteiger partial charge in [-0.2, -0.15) is 18.2 Å². The molecule has 150 valence electrons. The molecule has 1 saturated carbocycles. The van der Waals surface area contributed by atoms with Gasteiger partial charge in [0.15, 0.2) is 0 Å². The van der Waals surface area contributed by atoms with Crippen molar-refractivity contribution in [3.8, 4) is 11.4 Å². The Labute approximate surface area is 160 Å². The van der Waals surface area contributed by atoms with E-state index in [0.29, 0.717) is 13.0 Å². The second kappa shape index (κ2) is 7.44. The van der Waals surface area contributed by atoms with Gasteiger partial charge in [0.2, 0.25) is 11.7 Å². The van der Waals surface area contributed by atoms with Crippen LogP contribution in [0.2, 0.25) is 0 Å². The molecule has 0 bridgehead atoms. The number of urea groups is 1. The van der Waals surface area contributed by atoms with Crippen molar-refractivity contribution in [3.05, 3.63) is 35.7 Å². The molecule has 2 amide bonds. The number of halogens is 3. The molecule has 1 aliphatic heterocycles. The molecule has 1 aromatic heterocycles. The second-order valence-electron chi connectivity index (χ2n) is 7.32. The number of carbonyl (C=O) groups is 1. The van der Waals surface area contributed by atoms with Crippen LogP contribution in [0.4, 0.5) is 18.0 Å². The summed E-state index contributed by atoms with van der Waals surface area (Å²) < 4.78 is 44.1. The van der Waals surface area contributed by atoms with Crippen LogP contribution in [-0.4, -0.2) is 33.7 Å². The van der Waals surface area contributed by atoms with Crippen LogP contribution in [-0.2, 0) is 6.18 Å². The number of likely N-dealkylation sites (tertiary alicyclic amines) is 1. The van der Waals surface area contributed by atoms with Gasteiger partial charge >= 0.3 is 12.2 Å². The monoisotopic (exact) mass is 394 g/mol. The van der Waals surface area contributed by atoms with E-state index < -0.39 is 11.7 Å². The molecule has 1 atom stereocenters. The Hall–Kier alpha value is -2.58. The van der Waals surface area contributed by atoms with Crippen LogP contribution < -0.4 is 5.32 Å². The third-order valence-corrected chi connectivity index (χ3v) is 5.37. The fraction of sp³-hybridized carbons (Fsp3) is 0.526. The number of aromatic nitrogens is 2. The van der Waals surface area contributed by atoms with Crippen molar-refractivity contribution >= 4 is 6.03 Å². The van der Waals surface area contributed by atoms with Gasteiger partial charge in [-0.3, -0.25) is 0 Å². The Bertz CT molecular complexity index is 846. The van der Waals surface area contributed by atoms with Crippen molar-refractivity contribution in [2.24, 2.45) is 0 Å². The third kappa shape index (κ3) is 3.83. The van der Waals surface area contributed by atoms with E-state index in [0.717, 1.165) is 44.2 Å². The summed E-state index contributed by atoms with van der Waals surface area (Å²) in [5.74, 6) is 0.343. The zero-order valence-corrected chi connectivity index (χ0v) is 15.2. The highest BCUT2D eigenvalue weighted by Crippen LogP contribution is 2.34. The summed E-state index contributed by atoms with van der Waals surface area (Å²) in [5.41, 5.74) is -0.542. The highest BCUT2D eigenvalue weighted by atomic mass is 19.4. The Morgan fingerprint density at radius 1 is 1.18 bits per heavy atom. The summed E-state index contributed by atoms with van der Waals surface area (Å²) in [7, 11) is 0. The topological polar surface area (TPSA) is 71.3 Å². The van der Waals surface area contributed by atoms with Crippen molar-refractivity contribution in [2.45, 2.75) is 56.8 Å². The van der Waals surface area contributed by atoms with Crippen LogP contribution >= 0.6 is 0 Å². The normalized spacial score (nSPS) is 20.7. The maximum Gasteiger partial charge on any atom is 0.416 e. The fourth-order valence-corrected chi connectivity index (χ4v) is 3.92. The van der Waals surface area contributed by atoms with Gasteiger partial charge in [-0.25, -0.2) is 4.79 Å². The number of alkyl halides is 3. The Morgan fingerprint density at radius 3 is 2.71 bits per heavy atom. The predicted molar refractivity (Wildman–Crippen MR) is 94.2 cm³/mol. The number of nitrogens with zero attached hydrogens (tertiary/aromatic N) is 3. The van der Waals surface area contributed by atoms with Crippen LogP contribution in [0, 0.1) is 0 Å². The molecule has 6 nitrogen and oxygen atoms in total. The smallest absolute Gasteiger partial charge is 0.337 e. The molecule has 1 aromatic carbocycles. The number of carbonyl (C=O) groups excluding carboxylic acids is 1. The maximum absolute atomic E-state index is 12.9. The van der Waals surface area contributed by atoms with Crippen molar-refractivity contribution in [1.82, 2.24) is 20.4 Å². The molecule has 2 aromatic rings. The first kappa shape index (κ1) is 18.8. The van der Waals surface area contributed by atoms with Crippen molar-refractivity contribution in [3.63, 3.8) is 0 Å². The summed E-state index contributed by atoms with van der Waals surface area (Å²) in [6.07, 6.45) is 1.28. The molecule has 28 heavy (non-hydrogen) atoms. The van der Waals surface area contributed by atoms with E-state index in [1.165, 1.54) is 12.1 Å². The van der Waals surface area contributed by atoms with E-state index in [1.54, 1.807) is 4.90 Å². The van der Waals surface area contributed by atoms with Crippen LogP contribution in [0.15, 0.2) is 28.8 Å². The summed E-state index contributed by atoms with van der Waals surface area (Å²) in [5, 5.41) is 6.89. The minimum Gasteiger partial charge on any atom is -0.337 e. The molecule has 1 aliphatic carbocycles. The Kier molecular flexibility index (Phi) is 4.99. The molecular formula is C19H21F3N4O2. The zero-order valence-electron chi connectivity index (χ0n) is 15.2. The molecule has 1 unspecified atom stereocenters. The molecule has 4 rings (SSSR count). The first-order valence-electron chi connectivity index (χ1n) is 9.50. The molecule has 1 N–H and O–H groups in total. The summed E-state index contributed by atoms with van der Waals surface area (Å²) in [4.78, 5) is 18.6. The number of amides is 2.